The van der Waals surface area contributed by atoms with E-state index in [9.17, 15) is 4.79 Å². The summed E-state index contributed by atoms with van der Waals surface area (Å²) in [5.41, 5.74) is 1.42. The normalized spacial score (nSPS) is 10.7. The predicted molar refractivity (Wildman–Crippen MR) is 133 cm³/mol. The van der Waals surface area contributed by atoms with Crippen LogP contribution in [0, 0.1) is 0 Å². The van der Waals surface area contributed by atoms with Gasteiger partial charge in [0.05, 0.1) is 6.61 Å². The average Bonchev–Trinajstić information content (AvgIpc) is 2.74. The highest BCUT2D eigenvalue weighted by Crippen LogP contribution is 2.17. The summed E-state index contributed by atoms with van der Waals surface area (Å²) in [6.07, 6.45) is 0.832. The Morgan fingerprint density at radius 2 is 1.80 bits per heavy atom. The van der Waals surface area contributed by atoms with Crippen molar-refractivity contribution >= 4 is 53.1 Å². The van der Waals surface area contributed by atoms with Crippen molar-refractivity contribution in [3.63, 3.8) is 0 Å². The van der Waals surface area contributed by atoms with Crippen molar-refractivity contribution in [2.24, 2.45) is 4.99 Å². The van der Waals surface area contributed by atoms with Crippen LogP contribution in [0.4, 0.5) is 5.69 Å². The molecule has 3 N–H and O–H groups in total. The number of rotatable bonds is 10. The summed E-state index contributed by atoms with van der Waals surface area (Å²) in [6, 6.07) is 14.4. The maximum absolute atomic E-state index is 12.1. The first-order chi connectivity index (χ1) is 14.1. The van der Waals surface area contributed by atoms with Gasteiger partial charge in [0.25, 0.3) is 5.91 Å². The Morgan fingerprint density at radius 1 is 1.07 bits per heavy atom. The predicted octanol–water partition coefficient (Wildman–Crippen LogP) is 3.79. The van der Waals surface area contributed by atoms with Crippen molar-refractivity contribution in [2.45, 2.75) is 6.42 Å². The summed E-state index contributed by atoms with van der Waals surface area (Å²) in [5.74, 6) is 1.23. The molecule has 0 fully saturated rings. The highest BCUT2D eigenvalue weighted by Gasteiger charge is 2.05. The number of benzene rings is 2. The lowest BCUT2D eigenvalue weighted by atomic mass is 10.2. The van der Waals surface area contributed by atoms with Gasteiger partial charge in [0.1, 0.15) is 5.75 Å². The first-order valence-corrected chi connectivity index (χ1v) is 9.73. The van der Waals surface area contributed by atoms with Crippen LogP contribution in [0.25, 0.3) is 0 Å². The van der Waals surface area contributed by atoms with E-state index >= 15 is 0 Å². The zero-order valence-electron chi connectivity index (χ0n) is 17.1. The number of guanidine groups is 1. The molecule has 0 radical (unpaired) electrons. The molecule has 0 aliphatic carbocycles. The van der Waals surface area contributed by atoms with E-state index in [1.54, 1.807) is 38.4 Å². The van der Waals surface area contributed by atoms with Gasteiger partial charge in [0.15, 0.2) is 5.96 Å². The van der Waals surface area contributed by atoms with Gasteiger partial charge in [0.2, 0.25) is 0 Å². The van der Waals surface area contributed by atoms with Crippen LogP contribution in [0.5, 0.6) is 5.75 Å². The van der Waals surface area contributed by atoms with Crippen molar-refractivity contribution in [1.82, 2.24) is 10.6 Å². The summed E-state index contributed by atoms with van der Waals surface area (Å²) >= 11 is 5.83. The number of ether oxygens (including phenoxy) is 2. The van der Waals surface area contributed by atoms with E-state index in [-0.39, 0.29) is 29.9 Å². The second-order valence-corrected chi connectivity index (χ2v) is 6.55. The topological polar surface area (TPSA) is 84.0 Å². The number of aliphatic imine (C=N–C) groups is 1. The molecule has 0 spiro atoms. The molecule has 0 aromatic heterocycles. The van der Waals surface area contributed by atoms with Gasteiger partial charge in [-0.1, -0.05) is 17.7 Å². The van der Waals surface area contributed by atoms with Crippen molar-refractivity contribution in [1.29, 1.82) is 0 Å². The first kappa shape index (κ1) is 26.0. The molecular weight excluding hydrogens is 519 g/mol. The van der Waals surface area contributed by atoms with E-state index in [4.69, 9.17) is 21.1 Å². The molecule has 2 rings (SSSR count). The summed E-state index contributed by atoms with van der Waals surface area (Å²) < 4.78 is 10.7. The lowest BCUT2D eigenvalue weighted by Crippen LogP contribution is -2.37. The molecule has 2 aromatic rings. The molecule has 0 unspecified atom stereocenters. The smallest absolute Gasteiger partial charge is 0.251 e. The number of carbonyl (C=O) groups is 1. The third-order valence-corrected chi connectivity index (χ3v) is 4.14. The number of hydrogen-bond donors (Lipinski definition) is 3. The van der Waals surface area contributed by atoms with Crippen molar-refractivity contribution in [2.75, 3.05) is 45.8 Å². The van der Waals surface area contributed by atoms with Crippen LogP contribution in [0.2, 0.25) is 5.02 Å². The largest absolute Gasteiger partial charge is 0.493 e. The van der Waals surface area contributed by atoms with E-state index in [0.717, 1.165) is 17.9 Å². The molecule has 9 heteroatoms. The first-order valence-electron chi connectivity index (χ1n) is 9.35. The third kappa shape index (κ3) is 9.64. The molecule has 0 aliphatic rings. The fourth-order valence-electron chi connectivity index (χ4n) is 2.43. The van der Waals surface area contributed by atoms with E-state index in [2.05, 4.69) is 20.9 Å². The van der Waals surface area contributed by atoms with Crippen LogP contribution in [0.15, 0.2) is 53.5 Å². The van der Waals surface area contributed by atoms with E-state index in [1.807, 2.05) is 24.3 Å². The van der Waals surface area contributed by atoms with Gasteiger partial charge in [-0.15, -0.1) is 24.0 Å². The van der Waals surface area contributed by atoms with Gasteiger partial charge < -0.3 is 25.4 Å². The Labute approximate surface area is 199 Å². The maximum Gasteiger partial charge on any atom is 0.251 e. The lowest BCUT2D eigenvalue weighted by Gasteiger charge is -2.13. The van der Waals surface area contributed by atoms with Crippen LogP contribution in [0.1, 0.15) is 16.8 Å². The van der Waals surface area contributed by atoms with Gasteiger partial charge in [0, 0.05) is 62.6 Å². The summed E-state index contributed by atoms with van der Waals surface area (Å²) in [7, 11) is 3.36. The molecule has 30 heavy (non-hydrogen) atoms. The molecule has 0 bridgehead atoms. The second-order valence-electron chi connectivity index (χ2n) is 6.11. The quantitative estimate of drug-likeness (QED) is 0.183. The molecular formula is C21H28ClIN4O3. The van der Waals surface area contributed by atoms with Gasteiger partial charge >= 0.3 is 0 Å². The second kappa shape index (κ2) is 14.9. The molecule has 0 saturated heterocycles. The number of hydrogen-bond acceptors (Lipinski definition) is 4. The van der Waals surface area contributed by atoms with Crippen LogP contribution in [0.3, 0.4) is 0 Å². The zero-order chi connectivity index (χ0) is 20.9. The highest BCUT2D eigenvalue weighted by molar-refractivity contribution is 14.0. The van der Waals surface area contributed by atoms with Crippen LogP contribution in [-0.4, -0.2) is 52.3 Å². The molecule has 0 heterocycles. The number of nitrogens with zero attached hydrogens (tertiary/aromatic N) is 1. The number of amides is 1. The summed E-state index contributed by atoms with van der Waals surface area (Å²) in [5, 5.41) is 9.81. The monoisotopic (exact) mass is 546 g/mol. The molecule has 1 amide bonds. The van der Waals surface area contributed by atoms with Crippen LogP contribution >= 0.6 is 35.6 Å². The number of carbonyl (C=O) groups excluding carboxylic acids is 1. The Hall–Kier alpha value is -2.04. The van der Waals surface area contributed by atoms with Crippen LogP contribution in [-0.2, 0) is 4.74 Å². The third-order valence-electron chi connectivity index (χ3n) is 3.89. The number of anilines is 1. The van der Waals surface area contributed by atoms with Crippen molar-refractivity contribution in [3.8, 4) is 5.75 Å². The Bertz CT molecular complexity index is 803. The van der Waals surface area contributed by atoms with E-state index < -0.39 is 0 Å². The minimum Gasteiger partial charge on any atom is -0.493 e. The molecule has 0 aliphatic heterocycles. The molecule has 0 atom stereocenters. The number of halogens is 2. The minimum absolute atomic E-state index is 0. The fraction of sp³-hybridized carbons (Fsp3) is 0.333. The SMILES string of the molecule is CN=C(NCCNC(=O)c1ccc(Cl)cc1)Nc1cccc(OCCCOC)c1.I. The van der Waals surface area contributed by atoms with Gasteiger partial charge in [-0.2, -0.15) is 0 Å². The standard InChI is InChI=1S/C21H27ClN4O3.HI/c1-23-21(25-12-11-24-20(27)16-7-9-17(22)10-8-16)26-18-5-3-6-19(15-18)29-14-4-13-28-2;/h3,5-10,15H,4,11-14H2,1-2H3,(H,24,27)(H2,23,25,26);1H. The Morgan fingerprint density at radius 3 is 2.50 bits per heavy atom. The van der Waals surface area contributed by atoms with Crippen molar-refractivity contribution in [3.05, 3.63) is 59.1 Å². The molecule has 0 saturated carbocycles. The maximum atomic E-state index is 12.1. The average molecular weight is 547 g/mol. The molecule has 164 valence electrons. The Balaban J connectivity index is 0.00000450. The lowest BCUT2D eigenvalue weighted by molar-refractivity contribution is 0.0954. The van der Waals surface area contributed by atoms with Gasteiger partial charge in [-0.05, 0) is 36.4 Å². The van der Waals surface area contributed by atoms with E-state index in [0.29, 0.717) is 42.8 Å². The number of nitrogens with one attached hydrogen (secondary N) is 3. The van der Waals surface area contributed by atoms with Crippen molar-refractivity contribution < 1.29 is 14.3 Å². The Kier molecular flexibility index (Phi) is 12.9. The minimum atomic E-state index is -0.148. The highest BCUT2D eigenvalue weighted by atomic mass is 127. The fourth-order valence-corrected chi connectivity index (χ4v) is 2.56. The summed E-state index contributed by atoms with van der Waals surface area (Å²) in [6.45, 7) is 2.23. The summed E-state index contributed by atoms with van der Waals surface area (Å²) in [4.78, 5) is 16.3. The van der Waals surface area contributed by atoms with E-state index in [1.165, 1.54) is 0 Å². The van der Waals surface area contributed by atoms with Gasteiger partial charge in [-0.25, -0.2) is 0 Å². The van der Waals surface area contributed by atoms with Gasteiger partial charge in [-0.3, -0.25) is 9.79 Å². The molecule has 7 nitrogen and oxygen atoms in total. The zero-order valence-corrected chi connectivity index (χ0v) is 20.2. The molecule has 2 aromatic carbocycles. The van der Waals surface area contributed by atoms with Crippen LogP contribution < -0.4 is 20.7 Å². The number of methoxy groups -OCH3 is 1.